The van der Waals surface area contributed by atoms with Gasteiger partial charge in [-0.3, -0.25) is 14.4 Å². The summed E-state index contributed by atoms with van der Waals surface area (Å²) in [6.45, 7) is 3.26. The fourth-order valence-corrected chi connectivity index (χ4v) is 2.59. The van der Waals surface area contributed by atoms with Crippen LogP contribution in [0.2, 0.25) is 0 Å². The molecule has 2 aromatic heterocycles. The molecule has 23 heavy (non-hydrogen) atoms. The SMILES string of the molecule is Cc1c[nH]cc(C(=O)N2CCN(C(=O)c3ccco3)CC2)c1=O. The minimum Gasteiger partial charge on any atom is -0.459 e. The summed E-state index contributed by atoms with van der Waals surface area (Å²) in [5.74, 6) is -0.199. The van der Waals surface area contributed by atoms with Gasteiger partial charge in [0.25, 0.3) is 11.8 Å². The summed E-state index contributed by atoms with van der Waals surface area (Å²) in [5, 5.41) is 0. The number of rotatable bonds is 2. The van der Waals surface area contributed by atoms with Gasteiger partial charge in [-0.2, -0.15) is 0 Å². The van der Waals surface area contributed by atoms with Crippen molar-refractivity contribution in [2.75, 3.05) is 26.2 Å². The number of nitrogens with zero attached hydrogens (tertiary/aromatic N) is 2. The van der Waals surface area contributed by atoms with Crippen molar-refractivity contribution in [3.8, 4) is 0 Å². The van der Waals surface area contributed by atoms with Crippen molar-refractivity contribution in [1.82, 2.24) is 14.8 Å². The first-order valence-corrected chi connectivity index (χ1v) is 7.37. The van der Waals surface area contributed by atoms with Gasteiger partial charge in [0.05, 0.1) is 6.26 Å². The van der Waals surface area contributed by atoms with Crippen molar-refractivity contribution in [3.05, 3.63) is 57.9 Å². The average Bonchev–Trinajstić information content (AvgIpc) is 3.11. The molecule has 0 aliphatic carbocycles. The third-order valence-corrected chi connectivity index (χ3v) is 3.95. The molecule has 3 rings (SSSR count). The van der Waals surface area contributed by atoms with Crippen molar-refractivity contribution in [2.45, 2.75) is 6.92 Å². The molecular formula is C16H17N3O4. The number of aromatic nitrogens is 1. The van der Waals surface area contributed by atoms with Crippen molar-refractivity contribution in [3.63, 3.8) is 0 Å². The minimum atomic E-state index is -0.306. The van der Waals surface area contributed by atoms with Crippen molar-refractivity contribution in [1.29, 1.82) is 0 Å². The maximum atomic E-state index is 12.5. The zero-order valence-corrected chi connectivity index (χ0v) is 12.7. The van der Waals surface area contributed by atoms with E-state index in [2.05, 4.69) is 4.98 Å². The Kier molecular flexibility index (Phi) is 4.01. The average molecular weight is 315 g/mol. The molecule has 0 radical (unpaired) electrons. The van der Waals surface area contributed by atoms with Gasteiger partial charge in [-0.05, 0) is 19.1 Å². The minimum absolute atomic E-state index is 0.135. The summed E-state index contributed by atoms with van der Waals surface area (Å²) in [6, 6.07) is 3.28. The number of aromatic amines is 1. The molecule has 3 heterocycles. The van der Waals surface area contributed by atoms with Crippen LogP contribution in [0.5, 0.6) is 0 Å². The molecule has 1 N–H and O–H groups in total. The van der Waals surface area contributed by atoms with Crippen LogP contribution in [0.4, 0.5) is 0 Å². The first-order valence-electron chi connectivity index (χ1n) is 7.37. The lowest BCUT2D eigenvalue weighted by Gasteiger charge is -2.34. The molecule has 1 aliphatic rings. The highest BCUT2D eigenvalue weighted by atomic mass is 16.3. The molecule has 1 aliphatic heterocycles. The van der Waals surface area contributed by atoms with Gasteiger partial charge in [0.1, 0.15) is 5.56 Å². The van der Waals surface area contributed by atoms with Crippen LogP contribution in [0.3, 0.4) is 0 Å². The first-order chi connectivity index (χ1) is 11.1. The lowest BCUT2D eigenvalue weighted by molar-refractivity contribution is 0.0517. The quantitative estimate of drug-likeness (QED) is 0.891. The number of amides is 2. The van der Waals surface area contributed by atoms with E-state index in [0.717, 1.165) is 0 Å². The number of H-pyrrole nitrogens is 1. The Balaban J connectivity index is 1.67. The first kappa shape index (κ1) is 15.1. The molecule has 0 bridgehead atoms. The predicted octanol–water partition coefficient (Wildman–Crippen LogP) is 0.875. The number of carbonyl (C=O) groups is 2. The Morgan fingerprint density at radius 1 is 1.09 bits per heavy atom. The van der Waals surface area contributed by atoms with Crippen LogP contribution < -0.4 is 5.43 Å². The van der Waals surface area contributed by atoms with E-state index in [1.165, 1.54) is 12.5 Å². The van der Waals surface area contributed by atoms with Gasteiger partial charge in [0.2, 0.25) is 0 Å². The topological polar surface area (TPSA) is 86.6 Å². The highest BCUT2D eigenvalue weighted by Gasteiger charge is 2.27. The Morgan fingerprint density at radius 2 is 1.74 bits per heavy atom. The fraction of sp³-hybridized carbons (Fsp3) is 0.312. The van der Waals surface area contributed by atoms with Crippen LogP contribution in [-0.2, 0) is 0 Å². The largest absolute Gasteiger partial charge is 0.459 e. The van der Waals surface area contributed by atoms with Crippen LogP contribution in [0.25, 0.3) is 0 Å². The molecule has 0 saturated carbocycles. The van der Waals surface area contributed by atoms with Crippen LogP contribution in [0.15, 0.2) is 40.0 Å². The van der Waals surface area contributed by atoms with Crippen LogP contribution >= 0.6 is 0 Å². The number of hydrogen-bond acceptors (Lipinski definition) is 4. The predicted molar refractivity (Wildman–Crippen MR) is 82.3 cm³/mol. The molecular weight excluding hydrogens is 298 g/mol. The van der Waals surface area contributed by atoms with E-state index in [9.17, 15) is 14.4 Å². The fourth-order valence-electron chi connectivity index (χ4n) is 2.59. The van der Waals surface area contributed by atoms with Gasteiger partial charge < -0.3 is 19.2 Å². The molecule has 1 fully saturated rings. The van der Waals surface area contributed by atoms with E-state index >= 15 is 0 Å². The Hall–Kier alpha value is -2.83. The van der Waals surface area contributed by atoms with Crippen LogP contribution in [-0.4, -0.2) is 52.8 Å². The molecule has 0 spiro atoms. The standard InChI is InChI=1S/C16H17N3O4/c1-11-9-17-10-12(14(11)20)15(21)18-4-6-19(7-5-18)16(22)13-3-2-8-23-13/h2-3,8-10H,4-7H2,1H3,(H,17,20). The van der Waals surface area contributed by atoms with Gasteiger partial charge in [-0.25, -0.2) is 0 Å². The normalized spacial score (nSPS) is 14.8. The number of carbonyl (C=O) groups excluding carboxylic acids is 2. The molecule has 0 unspecified atom stereocenters. The lowest BCUT2D eigenvalue weighted by Crippen LogP contribution is -2.51. The number of hydrogen-bond donors (Lipinski definition) is 1. The number of nitrogens with one attached hydrogen (secondary N) is 1. The summed E-state index contributed by atoms with van der Waals surface area (Å²) >= 11 is 0. The molecule has 7 heteroatoms. The van der Waals surface area contributed by atoms with Crippen molar-refractivity contribution < 1.29 is 14.0 Å². The third kappa shape index (κ3) is 2.90. The number of furan rings is 1. The van der Waals surface area contributed by atoms with Crippen LogP contribution in [0, 0.1) is 6.92 Å². The molecule has 2 amide bonds. The number of pyridine rings is 1. The highest BCUT2D eigenvalue weighted by Crippen LogP contribution is 2.11. The second-order valence-electron chi connectivity index (χ2n) is 5.44. The van der Waals surface area contributed by atoms with Gasteiger partial charge in [0.15, 0.2) is 11.2 Å². The van der Waals surface area contributed by atoms with Crippen molar-refractivity contribution >= 4 is 11.8 Å². The van der Waals surface area contributed by atoms with Gasteiger partial charge in [0, 0.05) is 44.1 Å². The van der Waals surface area contributed by atoms with Crippen LogP contribution in [0.1, 0.15) is 26.5 Å². The maximum absolute atomic E-state index is 12.5. The monoisotopic (exact) mass is 315 g/mol. The second kappa shape index (κ2) is 6.12. The highest BCUT2D eigenvalue weighted by molar-refractivity contribution is 5.94. The summed E-state index contributed by atoms with van der Waals surface area (Å²) in [5.41, 5.74) is 0.376. The van der Waals surface area contributed by atoms with E-state index in [1.807, 2.05) is 0 Å². The summed E-state index contributed by atoms with van der Waals surface area (Å²) in [6.07, 6.45) is 4.45. The van der Waals surface area contributed by atoms with E-state index < -0.39 is 0 Å². The molecule has 120 valence electrons. The van der Waals surface area contributed by atoms with E-state index in [4.69, 9.17) is 4.42 Å². The molecule has 2 aromatic rings. The number of piperazine rings is 1. The molecule has 0 aromatic carbocycles. The Labute approximate surface area is 132 Å². The summed E-state index contributed by atoms with van der Waals surface area (Å²) in [7, 11) is 0. The number of aryl methyl sites for hydroxylation is 1. The van der Waals surface area contributed by atoms with E-state index in [1.54, 1.807) is 35.1 Å². The zero-order chi connectivity index (χ0) is 16.4. The molecule has 1 saturated heterocycles. The smallest absolute Gasteiger partial charge is 0.289 e. The van der Waals surface area contributed by atoms with Gasteiger partial charge in [-0.15, -0.1) is 0 Å². The maximum Gasteiger partial charge on any atom is 0.289 e. The molecule has 7 nitrogen and oxygen atoms in total. The third-order valence-electron chi connectivity index (χ3n) is 3.95. The summed E-state index contributed by atoms with van der Waals surface area (Å²) < 4.78 is 5.10. The zero-order valence-electron chi connectivity index (χ0n) is 12.7. The van der Waals surface area contributed by atoms with E-state index in [-0.39, 0.29) is 22.8 Å². The van der Waals surface area contributed by atoms with Gasteiger partial charge in [-0.1, -0.05) is 0 Å². The molecule has 0 atom stereocenters. The van der Waals surface area contributed by atoms with E-state index in [0.29, 0.717) is 37.5 Å². The van der Waals surface area contributed by atoms with Crippen molar-refractivity contribution in [2.24, 2.45) is 0 Å². The second-order valence-corrected chi connectivity index (χ2v) is 5.44. The Bertz CT molecular complexity index is 771. The lowest BCUT2D eigenvalue weighted by atomic mass is 10.1. The van der Waals surface area contributed by atoms with Gasteiger partial charge >= 0.3 is 0 Å². The summed E-state index contributed by atoms with van der Waals surface area (Å²) in [4.78, 5) is 42.7. The Morgan fingerprint density at radius 3 is 2.35 bits per heavy atom.